The highest BCUT2D eigenvalue weighted by Crippen LogP contribution is 2.30. The molecule has 1 rings (SSSR count). The molecule has 0 aliphatic carbocycles. The van der Waals surface area contributed by atoms with Gasteiger partial charge in [-0.05, 0) is 12.1 Å². The molecule has 1 amide bonds. The molecule has 0 fully saturated rings. The van der Waals surface area contributed by atoms with E-state index in [-0.39, 0.29) is 10.6 Å². The Bertz CT molecular complexity index is 570. The van der Waals surface area contributed by atoms with Crippen molar-refractivity contribution in [2.75, 3.05) is 21.3 Å². The Morgan fingerprint density at radius 3 is 2.32 bits per heavy atom. The predicted octanol–water partition coefficient (Wildman–Crippen LogP) is -0.492. The largest absolute Gasteiger partial charge is 0.493 e. The second-order valence-corrected chi connectivity index (χ2v) is 5.67. The molecule has 1 aromatic carbocycles. The highest BCUT2D eigenvalue weighted by molar-refractivity contribution is 7.92. The lowest BCUT2D eigenvalue weighted by atomic mass is 10.3. The summed E-state index contributed by atoms with van der Waals surface area (Å²) < 4.78 is 34.2. The summed E-state index contributed by atoms with van der Waals surface area (Å²) in [7, 11) is 0.149. The van der Waals surface area contributed by atoms with Gasteiger partial charge < -0.3 is 20.5 Å². The predicted molar refractivity (Wildman–Crippen MR) is 68.8 cm³/mol. The zero-order valence-electron chi connectivity index (χ0n) is 10.8. The minimum Gasteiger partial charge on any atom is -0.493 e. The zero-order valence-corrected chi connectivity index (χ0v) is 11.7. The molecule has 0 saturated carbocycles. The fourth-order valence-corrected chi connectivity index (χ4v) is 2.65. The number of carbonyl (C=O) groups is 1. The quantitative estimate of drug-likeness (QED) is 0.757. The maximum atomic E-state index is 12.1. The number of ether oxygens (including phenoxy) is 2. The molecule has 19 heavy (non-hydrogen) atoms. The first kappa shape index (κ1) is 15.3. The van der Waals surface area contributed by atoms with Gasteiger partial charge in [-0.1, -0.05) is 0 Å². The second kappa shape index (κ2) is 5.89. The molecule has 0 heterocycles. The average molecular weight is 288 g/mol. The number of rotatable bonds is 5. The van der Waals surface area contributed by atoms with Gasteiger partial charge in [0.05, 0.1) is 19.1 Å². The van der Waals surface area contributed by atoms with Crippen molar-refractivity contribution in [3.05, 3.63) is 18.2 Å². The average Bonchev–Trinajstić information content (AvgIpc) is 2.44. The van der Waals surface area contributed by atoms with E-state index in [1.54, 1.807) is 0 Å². The molecule has 0 aromatic heterocycles. The molecule has 0 aliphatic rings. The molecular weight excluding hydrogens is 272 g/mol. The molecule has 7 nitrogen and oxygen atoms in total. The van der Waals surface area contributed by atoms with Crippen LogP contribution in [0.1, 0.15) is 0 Å². The molecule has 0 spiro atoms. The number of sulfone groups is 1. The van der Waals surface area contributed by atoms with Crippen LogP contribution in [0.3, 0.4) is 0 Å². The Morgan fingerprint density at radius 1 is 1.26 bits per heavy atom. The molecule has 1 unspecified atom stereocenters. The van der Waals surface area contributed by atoms with E-state index in [0.717, 1.165) is 0 Å². The Kier molecular flexibility index (Phi) is 4.73. The van der Waals surface area contributed by atoms with Crippen molar-refractivity contribution in [1.82, 2.24) is 5.32 Å². The number of amides is 1. The number of methoxy groups -OCH3 is 2. The Balaban J connectivity index is 3.26. The first-order chi connectivity index (χ1) is 8.88. The minimum atomic E-state index is -3.98. The van der Waals surface area contributed by atoms with Crippen molar-refractivity contribution < 1.29 is 22.7 Å². The van der Waals surface area contributed by atoms with Gasteiger partial charge in [-0.15, -0.1) is 0 Å². The summed E-state index contributed by atoms with van der Waals surface area (Å²) >= 11 is 0. The van der Waals surface area contributed by atoms with Crippen molar-refractivity contribution in [3.8, 4) is 11.5 Å². The van der Waals surface area contributed by atoms with Gasteiger partial charge in [0.2, 0.25) is 9.84 Å². The summed E-state index contributed by atoms with van der Waals surface area (Å²) in [5.41, 5.74) is 5.43. The normalized spacial score (nSPS) is 12.6. The van der Waals surface area contributed by atoms with E-state index in [4.69, 9.17) is 15.2 Å². The maximum Gasteiger partial charge on any atom is 0.252 e. The van der Waals surface area contributed by atoms with E-state index in [9.17, 15) is 13.2 Å². The third-order valence-electron chi connectivity index (χ3n) is 2.52. The number of nitrogens with one attached hydrogen (secondary N) is 1. The van der Waals surface area contributed by atoms with E-state index < -0.39 is 21.1 Å². The maximum absolute atomic E-state index is 12.1. The smallest absolute Gasteiger partial charge is 0.252 e. The van der Waals surface area contributed by atoms with Crippen LogP contribution in [-0.4, -0.2) is 41.0 Å². The van der Waals surface area contributed by atoms with Gasteiger partial charge in [-0.2, -0.15) is 0 Å². The van der Waals surface area contributed by atoms with Gasteiger partial charge in [0.1, 0.15) is 0 Å². The number of hydrogen-bond donors (Lipinski definition) is 2. The summed E-state index contributed by atoms with van der Waals surface area (Å²) in [5.74, 6) is -0.155. The Morgan fingerprint density at radius 2 is 1.84 bits per heavy atom. The van der Waals surface area contributed by atoms with Crippen molar-refractivity contribution in [2.45, 2.75) is 10.3 Å². The van der Waals surface area contributed by atoms with Crippen LogP contribution in [-0.2, 0) is 14.6 Å². The summed E-state index contributed by atoms with van der Waals surface area (Å²) in [6.45, 7) is 0. The van der Waals surface area contributed by atoms with Crippen LogP contribution in [0.25, 0.3) is 0 Å². The van der Waals surface area contributed by atoms with Gasteiger partial charge in [0, 0.05) is 13.1 Å². The van der Waals surface area contributed by atoms with E-state index in [1.165, 1.54) is 39.5 Å². The second-order valence-electron chi connectivity index (χ2n) is 3.60. The Hall–Kier alpha value is -1.80. The Labute approximate surface area is 111 Å². The molecular formula is C11H16N2O5S. The first-order valence-corrected chi connectivity index (χ1v) is 6.86. The van der Waals surface area contributed by atoms with Crippen molar-refractivity contribution >= 4 is 15.7 Å². The summed E-state index contributed by atoms with van der Waals surface area (Å²) in [5, 5.41) is 0.522. The molecule has 106 valence electrons. The molecule has 0 saturated heterocycles. The van der Waals surface area contributed by atoms with Crippen molar-refractivity contribution in [3.63, 3.8) is 0 Å². The molecule has 0 bridgehead atoms. The standard InChI is InChI=1S/C11H16N2O5S/c1-13-11(14)10(12)19(15,16)7-4-5-8(17-2)9(6-7)18-3/h4-6,10H,12H2,1-3H3,(H,13,14). The number of carbonyl (C=O) groups excluding carboxylic acids is 1. The van der Waals surface area contributed by atoms with Crippen molar-refractivity contribution in [1.29, 1.82) is 0 Å². The molecule has 1 atom stereocenters. The number of benzene rings is 1. The minimum absolute atomic E-state index is 0.110. The van der Waals surface area contributed by atoms with Gasteiger partial charge in [0.15, 0.2) is 16.9 Å². The third-order valence-corrected chi connectivity index (χ3v) is 4.32. The van der Waals surface area contributed by atoms with Crippen LogP contribution in [0.2, 0.25) is 0 Å². The molecule has 0 radical (unpaired) electrons. The van der Waals surface area contributed by atoms with Crippen LogP contribution in [0.15, 0.2) is 23.1 Å². The lowest BCUT2D eigenvalue weighted by molar-refractivity contribution is -0.120. The van der Waals surface area contributed by atoms with Crippen LogP contribution >= 0.6 is 0 Å². The lowest BCUT2D eigenvalue weighted by Crippen LogP contribution is -2.44. The molecule has 0 aliphatic heterocycles. The summed E-state index contributed by atoms with van der Waals surface area (Å²) in [4.78, 5) is 11.2. The van der Waals surface area contributed by atoms with Crippen molar-refractivity contribution in [2.24, 2.45) is 5.73 Å². The van der Waals surface area contributed by atoms with E-state index in [1.807, 2.05) is 0 Å². The number of hydrogen-bond acceptors (Lipinski definition) is 6. The highest BCUT2D eigenvalue weighted by Gasteiger charge is 2.30. The van der Waals surface area contributed by atoms with Crippen LogP contribution in [0, 0.1) is 0 Å². The first-order valence-electron chi connectivity index (χ1n) is 5.31. The van der Waals surface area contributed by atoms with Gasteiger partial charge in [0.25, 0.3) is 5.91 Å². The van der Waals surface area contributed by atoms with Crippen LogP contribution in [0.5, 0.6) is 11.5 Å². The summed E-state index contributed by atoms with van der Waals surface area (Å²) in [6, 6.07) is 4.00. The van der Waals surface area contributed by atoms with E-state index in [0.29, 0.717) is 5.75 Å². The highest BCUT2D eigenvalue weighted by atomic mass is 32.2. The molecule has 3 N–H and O–H groups in total. The SMILES string of the molecule is CNC(=O)C(N)S(=O)(=O)c1ccc(OC)c(OC)c1. The number of nitrogens with two attached hydrogens (primary N) is 1. The monoisotopic (exact) mass is 288 g/mol. The molecule has 1 aromatic rings. The molecule has 8 heteroatoms. The van der Waals surface area contributed by atoms with E-state index in [2.05, 4.69) is 5.32 Å². The van der Waals surface area contributed by atoms with Gasteiger partial charge in [-0.3, -0.25) is 4.79 Å². The summed E-state index contributed by atoms with van der Waals surface area (Å²) in [6.07, 6.45) is 0. The fraction of sp³-hybridized carbons (Fsp3) is 0.364. The van der Waals surface area contributed by atoms with Crippen LogP contribution < -0.4 is 20.5 Å². The van der Waals surface area contributed by atoms with Crippen LogP contribution in [0.4, 0.5) is 0 Å². The number of likely N-dealkylation sites (N-methyl/N-ethyl adjacent to an activating group) is 1. The van der Waals surface area contributed by atoms with E-state index >= 15 is 0 Å². The van der Waals surface area contributed by atoms with Gasteiger partial charge in [-0.25, -0.2) is 8.42 Å². The zero-order chi connectivity index (χ0) is 14.6. The lowest BCUT2D eigenvalue weighted by Gasteiger charge is -2.13. The topological polar surface area (TPSA) is 108 Å². The third kappa shape index (κ3) is 2.96. The fourth-order valence-electron chi connectivity index (χ4n) is 1.42. The van der Waals surface area contributed by atoms with Gasteiger partial charge >= 0.3 is 0 Å².